The number of hydrogen-bond acceptors (Lipinski definition) is 2. The van der Waals surface area contributed by atoms with Crippen molar-refractivity contribution >= 4 is 5.96 Å². The average Bonchev–Trinajstić information content (AvgIpc) is 2.50. The van der Waals surface area contributed by atoms with Crippen LogP contribution in [0.3, 0.4) is 0 Å². The summed E-state index contributed by atoms with van der Waals surface area (Å²) in [5.74, 6) is 0.835. The number of aliphatic imine (C=N–C) groups is 1. The Hall–Kier alpha value is -1.55. The van der Waals surface area contributed by atoms with Crippen molar-refractivity contribution in [3.63, 3.8) is 0 Å². The van der Waals surface area contributed by atoms with Crippen LogP contribution in [-0.4, -0.2) is 23.7 Å². The number of aliphatic hydroxyl groups excluding tert-OH is 1. The Morgan fingerprint density at radius 3 is 2.43 bits per heavy atom. The Kier molecular flexibility index (Phi) is 8.10. The van der Waals surface area contributed by atoms with Crippen LogP contribution in [0.15, 0.2) is 29.3 Å². The highest BCUT2D eigenvalue weighted by Crippen LogP contribution is 2.21. The maximum atomic E-state index is 9.40. The molecule has 4 nitrogen and oxygen atoms in total. The second kappa shape index (κ2) is 9.56. The van der Waals surface area contributed by atoms with E-state index in [9.17, 15) is 5.11 Å². The summed E-state index contributed by atoms with van der Waals surface area (Å²) in [7, 11) is 0. The molecule has 0 heterocycles. The lowest BCUT2D eigenvalue weighted by Crippen LogP contribution is -2.42. The summed E-state index contributed by atoms with van der Waals surface area (Å²) in [5, 5.41) is 16.2. The minimum absolute atomic E-state index is 0.0532. The number of aliphatic hydroxyl groups is 1. The second-order valence-electron chi connectivity index (χ2n) is 7.27. The minimum atomic E-state index is 0.0532. The van der Waals surface area contributed by atoms with E-state index < -0.39 is 0 Å². The monoisotopic (exact) mass is 319 g/mol. The molecule has 1 aromatic rings. The van der Waals surface area contributed by atoms with Crippen LogP contribution in [0.5, 0.6) is 0 Å². The zero-order valence-corrected chi connectivity index (χ0v) is 15.3. The molecule has 0 aromatic heterocycles. The first kappa shape index (κ1) is 19.5. The van der Waals surface area contributed by atoms with Crippen molar-refractivity contribution in [1.29, 1.82) is 0 Å². The van der Waals surface area contributed by atoms with Gasteiger partial charge < -0.3 is 15.7 Å². The standard InChI is InChI=1S/C19H33N3O/c1-6-20-18(22-15(2)11-12-19(3,4)5)21-13-16-9-7-8-10-17(16)14-23/h7-10,15,23H,6,11-14H2,1-5H3,(H2,20,21,22). The van der Waals surface area contributed by atoms with Crippen molar-refractivity contribution in [2.45, 2.75) is 66.7 Å². The molecule has 0 amide bonds. The van der Waals surface area contributed by atoms with E-state index in [0.717, 1.165) is 30.1 Å². The molecule has 1 atom stereocenters. The van der Waals surface area contributed by atoms with Gasteiger partial charge in [0.2, 0.25) is 0 Å². The number of hydrogen-bond donors (Lipinski definition) is 3. The van der Waals surface area contributed by atoms with Gasteiger partial charge in [0.1, 0.15) is 0 Å². The van der Waals surface area contributed by atoms with E-state index >= 15 is 0 Å². The SMILES string of the molecule is CCNC(=NCc1ccccc1CO)NC(C)CCC(C)(C)C. The van der Waals surface area contributed by atoms with E-state index in [1.54, 1.807) is 0 Å². The molecular weight excluding hydrogens is 286 g/mol. The Morgan fingerprint density at radius 2 is 1.87 bits per heavy atom. The van der Waals surface area contributed by atoms with E-state index in [1.165, 1.54) is 6.42 Å². The second-order valence-corrected chi connectivity index (χ2v) is 7.27. The van der Waals surface area contributed by atoms with Gasteiger partial charge in [-0.1, -0.05) is 45.0 Å². The largest absolute Gasteiger partial charge is 0.392 e. The maximum absolute atomic E-state index is 9.40. The van der Waals surface area contributed by atoms with Gasteiger partial charge in [-0.25, -0.2) is 4.99 Å². The van der Waals surface area contributed by atoms with Gasteiger partial charge in [-0.15, -0.1) is 0 Å². The van der Waals surface area contributed by atoms with E-state index in [2.05, 4.69) is 50.2 Å². The normalized spacial score (nSPS) is 13.7. The molecule has 0 spiro atoms. The molecule has 0 saturated carbocycles. The molecule has 23 heavy (non-hydrogen) atoms. The van der Waals surface area contributed by atoms with Gasteiger partial charge in [-0.2, -0.15) is 0 Å². The van der Waals surface area contributed by atoms with Gasteiger partial charge in [-0.05, 0) is 43.2 Å². The molecule has 1 unspecified atom stereocenters. The van der Waals surface area contributed by atoms with Crippen molar-refractivity contribution in [1.82, 2.24) is 10.6 Å². The molecule has 0 aliphatic carbocycles. The first-order valence-corrected chi connectivity index (χ1v) is 8.58. The minimum Gasteiger partial charge on any atom is -0.392 e. The van der Waals surface area contributed by atoms with Crippen LogP contribution in [-0.2, 0) is 13.2 Å². The van der Waals surface area contributed by atoms with Crippen LogP contribution >= 0.6 is 0 Å². The van der Waals surface area contributed by atoms with Crippen LogP contribution in [0.4, 0.5) is 0 Å². The first-order chi connectivity index (χ1) is 10.9. The number of nitrogens with one attached hydrogen (secondary N) is 2. The van der Waals surface area contributed by atoms with Gasteiger partial charge in [0.15, 0.2) is 5.96 Å². The van der Waals surface area contributed by atoms with Crippen LogP contribution in [0, 0.1) is 5.41 Å². The Balaban J connectivity index is 2.66. The molecule has 0 bridgehead atoms. The van der Waals surface area contributed by atoms with E-state index in [1.807, 2.05) is 24.3 Å². The third-order valence-electron chi connectivity index (χ3n) is 3.75. The Morgan fingerprint density at radius 1 is 1.22 bits per heavy atom. The Labute approximate surface area is 141 Å². The summed E-state index contributed by atoms with van der Waals surface area (Å²) in [5.41, 5.74) is 2.35. The predicted molar refractivity (Wildman–Crippen MR) is 98.5 cm³/mol. The number of nitrogens with zero attached hydrogens (tertiary/aromatic N) is 1. The third kappa shape index (κ3) is 8.03. The summed E-state index contributed by atoms with van der Waals surface area (Å²) in [6, 6.07) is 8.26. The van der Waals surface area contributed by atoms with Gasteiger partial charge in [0.05, 0.1) is 13.2 Å². The summed E-state index contributed by atoms with van der Waals surface area (Å²) < 4.78 is 0. The highest BCUT2D eigenvalue weighted by atomic mass is 16.3. The van der Waals surface area contributed by atoms with Crippen molar-refractivity contribution in [3.8, 4) is 0 Å². The van der Waals surface area contributed by atoms with Crippen molar-refractivity contribution < 1.29 is 5.11 Å². The van der Waals surface area contributed by atoms with E-state index in [-0.39, 0.29) is 6.61 Å². The lowest BCUT2D eigenvalue weighted by atomic mass is 9.89. The molecule has 3 N–H and O–H groups in total. The fourth-order valence-electron chi connectivity index (χ4n) is 2.31. The zero-order valence-electron chi connectivity index (χ0n) is 15.3. The van der Waals surface area contributed by atoms with Gasteiger partial charge in [-0.3, -0.25) is 0 Å². The summed E-state index contributed by atoms with van der Waals surface area (Å²) in [6.07, 6.45) is 2.29. The van der Waals surface area contributed by atoms with Gasteiger partial charge in [0.25, 0.3) is 0 Å². The van der Waals surface area contributed by atoms with E-state index in [0.29, 0.717) is 18.0 Å². The van der Waals surface area contributed by atoms with Crippen molar-refractivity contribution in [3.05, 3.63) is 35.4 Å². The number of guanidine groups is 1. The lowest BCUT2D eigenvalue weighted by Gasteiger charge is -2.23. The topological polar surface area (TPSA) is 56.7 Å². The Bertz CT molecular complexity index is 492. The molecule has 4 heteroatoms. The van der Waals surface area contributed by atoms with Crippen LogP contribution < -0.4 is 10.6 Å². The summed E-state index contributed by atoms with van der Waals surface area (Å²) in [6.45, 7) is 12.5. The quantitative estimate of drug-likeness (QED) is 0.533. The fourth-order valence-corrected chi connectivity index (χ4v) is 2.31. The molecule has 0 saturated heterocycles. The van der Waals surface area contributed by atoms with Crippen molar-refractivity contribution in [2.24, 2.45) is 10.4 Å². The summed E-state index contributed by atoms with van der Waals surface area (Å²) in [4.78, 5) is 4.66. The first-order valence-electron chi connectivity index (χ1n) is 8.58. The molecule has 0 aliphatic rings. The molecule has 1 rings (SSSR count). The molecular formula is C19H33N3O. The number of benzene rings is 1. The average molecular weight is 319 g/mol. The molecule has 130 valence electrons. The molecule has 0 radical (unpaired) electrons. The summed E-state index contributed by atoms with van der Waals surface area (Å²) >= 11 is 0. The molecule has 0 aliphatic heterocycles. The molecule has 0 fully saturated rings. The van der Waals surface area contributed by atoms with Crippen LogP contribution in [0.25, 0.3) is 0 Å². The smallest absolute Gasteiger partial charge is 0.191 e. The highest BCUT2D eigenvalue weighted by Gasteiger charge is 2.13. The van der Waals surface area contributed by atoms with E-state index in [4.69, 9.17) is 0 Å². The molecule has 1 aromatic carbocycles. The van der Waals surface area contributed by atoms with Gasteiger partial charge >= 0.3 is 0 Å². The van der Waals surface area contributed by atoms with Crippen molar-refractivity contribution in [2.75, 3.05) is 6.54 Å². The lowest BCUT2D eigenvalue weighted by molar-refractivity contribution is 0.280. The predicted octanol–water partition coefficient (Wildman–Crippen LogP) is 3.45. The van der Waals surface area contributed by atoms with Crippen LogP contribution in [0.2, 0.25) is 0 Å². The highest BCUT2D eigenvalue weighted by molar-refractivity contribution is 5.80. The van der Waals surface area contributed by atoms with Gasteiger partial charge in [0, 0.05) is 12.6 Å². The third-order valence-corrected chi connectivity index (χ3v) is 3.75. The number of rotatable bonds is 7. The zero-order chi connectivity index (χ0) is 17.3. The maximum Gasteiger partial charge on any atom is 0.191 e. The fraction of sp³-hybridized carbons (Fsp3) is 0.632. The van der Waals surface area contributed by atoms with Crippen LogP contribution in [0.1, 0.15) is 58.6 Å².